The molecule has 4 atom stereocenters. The summed E-state index contributed by atoms with van der Waals surface area (Å²) in [5, 5.41) is 14.2. The predicted molar refractivity (Wildman–Crippen MR) is 81.0 cm³/mol. The standard InChI is InChI=1S/C17H21NO5/c1-22-11-5-6-12(13(8-11)23-2)18-16(19)14-9-3-4-10(7-9)15(14)17(20)21/h5-6,8-10,14-15H,3-4,7H2,1-2H3,(H,18,19)(H,20,21)/p-1/t9-,10-,14+,15-/m0/s1. The summed E-state index contributed by atoms with van der Waals surface area (Å²) in [5.41, 5.74) is 0.512. The van der Waals surface area contributed by atoms with Crippen LogP contribution < -0.4 is 19.9 Å². The van der Waals surface area contributed by atoms with E-state index in [-0.39, 0.29) is 17.7 Å². The number of nitrogens with one attached hydrogen (secondary N) is 1. The van der Waals surface area contributed by atoms with Crippen LogP contribution in [-0.2, 0) is 9.59 Å². The smallest absolute Gasteiger partial charge is 0.228 e. The number of benzene rings is 1. The van der Waals surface area contributed by atoms with E-state index in [2.05, 4.69) is 5.32 Å². The molecule has 0 aliphatic heterocycles. The van der Waals surface area contributed by atoms with E-state index in [0.29, 0.717) is 17.2 Å². The first kappa shape index (κ1) is 15.6. The van der Waals surface area contributed by atoms with Crippen LogP contribution in [0.3, 0.4) is 0 Å². The molecule has 0 aromatic heterocycles. The van der Waals surface area contributed by atoms with E-state index in [0.717, 1.165) is 19.3 Å². The zero-order chi connectivity index (χ0) is 16.6. The third-order valence-electron chi connectivity index (χ3n) is 5.16. The van der Waals surface area contributed by atoms with Crippen molar-refractivity contribution in [3.05, 3.63) is 18.2 Å². The molecule has 6 nitrogen and oxygen atoms in total. The molecule has 2 aliphatic rings. The fourth-order valence-electron chi connectivity index (χ4n) is 4.13. The van der Waals surface area contributed by atoms with E-state index in [1.165, 1.54) is 7.11 Å². The molecule has 1 N–H and O–H groups in total. The van der Waals surface area contributed by atoms with Crippen LogP contribution in [-0.4, -0.2) is 26.1 Å². The normalized spacial score (nSPS) is 28.4. The molecule has 2 bridgehead atoms. The van der Waals surface area contributed by atoms with Gasteiger partial charge < -0.3 is 24.7 Å². The fourth-order valence-corrected chi connectivity index (χ4v) is 4.13. The molecular formula is C17H20NO5-. The van der Waals surface area contributed by atoms with Gasteiger partial charge in [-0.3, -0.25) is 4.79 Å². The Morgan fingerprint density at radius 1 is 1.13 bits per heavy atom. The molecule has 2 aliphatic carbocycles. The first-order valence-electron chi connectivity index (χ1n) is 7.79. The highest BCUT2D eigenvalue weighted by Gasteiger charge is 2.51. The van der Waals surface area contributed by atoms with E-state index < -0.39 is 17.8 Å². The Balaban J connectivity index is 1.80. The van der Waals surface area contributed by atoms with Crippen molar-refractivity contribution >= 4 is 17.6 Å². The van der Waals surface area contributed by atoms with Gasteiger partial charge in [0.2, 0.25) is 5.91 Å². The minimum atomic E-state index is -1.11. The number of anilines is 1. The van der Waals surface area contributed by atoms with Gasteiger partial charge in [0, 0.05) is 23.9 Å². The van der Waals surface area contributed by atoms with Crippen LogP contribution >= 0.6 is 0 Å². The molecule has 0 saturated heterocycles. The summed E-state index contributed by atoms with van der Waals surface area (Å²) in [5.74, 6) is -1.29. The topological polar surface area (TPSA) is 87.7 Å². The van der Waals surface area contributed by atoms with Crippen molar-refractivity contribution in [2.45, 2.75) is 19.3 Å². The van der Waals surface area contributed by atoms with Gasteiger partial charge in [-0.05, 0) is 43.2 Å². The first-order chi connectivity index (χ1) is 11.0. The minimum absolute atomic E-state index is 0.0681. The number of carbonyl (C=O) groups excluding carboxylic acids is 2. The summed E-state index contributed by atoms with van der Waals surface area (Å²) < 4.78 is 10.4. The number of carboxylic acid groups (broad SMARTS) is 1. The molecule has 0 spiro atoms. The number of hydrogen-bond acceptors (Lipinski definition) is 5. The molecular weight excluding hydrogens is 298 g/mol. The highest BCUT2D eigenvalue weighted by Crippen LogP contribution is 2.52. The van der Waals surface area contributed by atoms with Gasteiger partial charge in [0.05, 0.1) is 19.9 Å². The minimum Gasteiger partial charge on any atom is -0.550 e. The molecule has 0 heterocycles. The molecule has 1 amide bonds. The number of carbonyl (C=O) groups is 2. The summed E-state index contributed by atoms with van der Waals surface area (Å²) >= 11 is 0. The number of rotatable bonds is 5. The van der Waals surface area contributed by atoms with Crippen LogP contribution in [0, 0.1) is 23.7 Å². The van der Waals surface area contributed by atoms with Gasteiger partial charge >= 0.3 is 0 Å². The third-order valence-corrected chi connectivity index (χ3v) is 5.16. The molecule has 1 aromatic rings. The lowest BCUT2D eigenvalue weighted by atomic mass is 9.78. The number of aliphatic carboxylic acids is 1. The lowest BCUT2D eigenvalue weighted by molar-refractivity contribution is -0.314. The maximum atomic E-state index is 12.7. The zero-order valence-corrected chi connectivity index (χ0v) is 13.2. The van der Waals surface area contributed by atoms with Gasteiger partial charge in [-0.2, -0.15) is 0 Å². The van der Waals surface area contributed by atoms with Crippen LogP contribution in [0.2, 0.25) is 0 Å². The van der Waals surface area contributed by atoms with Crippen molar-refractivity contribution in [1.29, 1.82) is 0 Å². The molecule has 1 aromatic carbocycles. The second-order valence-electron chi connectivity index (χ2n) is 6.26. The van der Waals surface area contributed by atoms with Gasteiger partial charge in [0.1, 0.15) is 11.5 Å². The number of ether oxygens (including phenoxy) is 2. The maximum absolute atomic E-state index is 12.7. The molecule has 0 radical (unpaired) electrons. The largest absolute Gasteiger partial charge is 0.550 e. The first-order valence-corrected chi connectivity index (χ1v) is 7.79. The number of methoxy groups -OCH3 is 2. The van der Waals surface area contributed by atoms with Crippen molar-refractivity contribution in [2.24, 2.45) is 23.7 Å². The molecule has 124 valence electrons. The highest BCUT2D eigenvalue weighted by atomic mass is 16.5. The Hall–Kier alpha value is -2.24. The van der Waals surface area contributed by atoms with Crippen LogP contribution in [0.5, 0.6) is 11.5 Å². The van der Waals surface area contributed by atoms with E-state index >= 15 is 0 Å². The van der Waals surface area contributed by atoms with Crippen LogP contribution in [0.4, 0.5) is 5.69 Å². The summed E-state index contributed by atoms with van der Waals surface area (Å²) in [7, 11) is 3.05. The van der Waals surface area contributed by atoms with Gasteiger partial charge in [-0.1, -0.05) is 0 Å². The second kappa shape index (κ2) is 6.10. The molecule has 2 saturated carbocycles. The van der Waals surface area contributed by atoms with Crippen LogP contribution in [0.25, 0.3) is 0 Å². The Morgan fingerprint density at radius 3 is 2.43 bits per heavy atom. The van der Waals surface area contributed by atoms with Gasteiger partial charge in [0.25, 0.3) is 0 Å². The van der Waals surface area contributed by atoms with Gasteiger partial charge in [-0.25, -0.2) is 0 Å². The van der Waals surface area contributed by atoms with Crippen molar-refractivity contribution < 1.29 is 24.2 Å². The molecule has 3 rings (SSSR count). The Labute approximate surface area is 134 Å². The molecule has 2 fully saturated rings. The van der Waals surface area contributed by atoms with Crippen LogP contribution in [0.15, 0.2) is 18.2 Å². The lowest BCUT2D eigenvalue weighted by Gasteiger charge is -2.30. The number of hydrogen-bond donors (Lipinski definition) is 1. The second-order valence-corrected chi connectivity index (χ2v) is 6.26. The summed E-state index contributed by atoms with van der Waals surface area (Å²) in [6.45, 7) is 0. The zero-order valence-electron chi connectivity index (χ0n) is 13.2. The maximum Gasteiger partial charge on any atom is 0.228 e. The molecule has 0 unspecified atom stereocenters. The Bertz CT molecular complexity index is 629. The fraction of sp³-hybridized carbons (Fsp3) is 0.529. The molecule has 23 heavy (non-hydrogen) atoms. The van der Waals surface area contributed by atoms with Crippen LogP contribution in [0.1, 0.15) is 19.3 Å². The third kappa shape index (κ3) is 2.73. The van der Waals surface area contributed by atoms with E-state index in [9.17, 15) is 14.7 Å². The SMILES string of the molecule is COc1ccc(NC(=O)[C@@H]2[C@H]3CC[C@@H](C3)[C@@H]2C(=O)[O-])c(OC)c1. The number of fused-ring (bicyclic) bond motifs is 2. The van der Waals surface area contributed by atoms with E-state index in [4.69, 9.17) is 9.47 Å². The van der Waals surface area contributed by atoms with E-state index in [1.807, 2.05) is 0 Å². The van der Waals surface area contributed by atoms with Gasteiger partial charge in [0.15, 0.2) is 0 Å². The summed E-state index contributed by atoms with van der Waals surface area (Å²) in [6, 6.07) is 5.08. The lowest BCUT2D eigenvalue weighted by Crippen LogP contribution is -2.43. The van der Waals surface area contributed by atoms with Crippen molar-refractivity contribution in [3.8, 4) is 11.5 Å². The average molecular weight is 318 g/mol. The quantitative estimate of drug-likeness (QED) is 0.877. The van der Waals surface area contributed by atoms with Crippen molar-refractivity contribution in [3.63, 3.8) is 0 Å². The monoisotopic (exact) mass is 318 g/mol. The van der Waals surface area contributed by atoms with Crippen molar-refractivity contribution in [2.75, 3.05) is 19.5 Å². The Morgan fingerprint density at radius 2 is 1.83 bits per heavy atom. The highest BCUT2D eigenvalue weighted by molar-refractivity contribution is 5.97. The number of amides is 1. The predicted octanol–water partition coefficient (Wildman–Crippen LogP) is 1.05. The van der Waals surface area contributed by atoms with Gasteiger partial charge in [-0.15, -0.1) is 0 Å². The average Bonchev–Trinajstić information content (AvgIpc) is 3.16. The summed E-state index contributed by atoms with van der Waals surface area (Å²) in [6.07, 6.45) is 2.59. The van der Waals surface area contributed by atoms with Crippen molar-refractivity contribution in [1.82, 2.24) is 0 Å². The molecule has 6 heteroatoms. The van der Waals surface area contributed by atoms with E-state index in [1.54, 1.807) is 25.3 Å². The summed E-state index contributed by atoms with van der Waals surface area (Å²) in [4.78, 5) is 24.1. The Kier molecular flexibility index (Phi) is 4.15. The number of carboxylic acids is 1.